The van der Waals surface area contributed by atoms with Crippen LogP contribution in [0.2, 0.25) is 0 Å². The van der Waals surface area contributed by atoms with Crippen molar-refractivity contribution in [2.45, 2.75) is 32.9 Å². The second kappa shape index (κ2) is 5.07. The van der Waals surface area contributed by atoms with Crippen LogP contribution < -0.4 is 5.32 Å². The molecule has 0 atom stereocenters. The number of nitrogens with one attached hydrogen (secondary N) is 1. The predicted molar refractivity (Wildman–Crippen MR) is 66.4 cm³/mol. The van der Waals surface area contributed by atoms with Gasteiger partial charge in [-0.3, -0.25) is 4.68 Å². The van der Waals surface area contributed by atoms with Crippen molar-refractivity contribution in [2.75, 3.05) is 12.4 Å². The van der Waals surface area contributed by atoms with Gasteiger partial charge in [0.15, 0.2) is 0 Å². The number of amides is 2. The lowest BCUT2D eigenvalue weighted by atomic mass is 10.1. The molecule has 0 radical (unpaired) electrons. The van der Waals surface area contributed by atoms with Crippen LogP contribution in [0.3, 0.4) is 0 Å². The fourth-order valence-electron chi connectivity index (χ4n) is 1.21. The van der Waals surface area contributed by atoms with E-state index in [1.54, 1.807) is 10.9 Å². The molecule has 18 heavy (non-hydrogen) atoms. The Hall–Kier alpha value is -2.05. The number of urea groups is 1. The first kappa shape index (κ1) is 14.0. The van der Waals surface area contributed by atoms with Gasteiger partial charge in [0.1, 0.15) is 5.54 Å². The first-order valence-electron chi connectivity index (χ1n) is 5.59. The minimum absolute atomic E-state index is 0.488. The van der Waals surface area contributed by atoms with Crippen LogP contribution in [0.25, 0.3) is 0 Å². The van der Waals surface area contributed by atoms with E-state index in [0.717, 1.165) is 4.90 Å². The molecule has 0 bridgehead atoms. The Morgan fingerprint density at radius 3 is 2.61 bits per heavy atom. The lowest BCUT2D eigenvalue weighted by Gasteiger charge is -2.31. The second-order valence-corrected chi connectivity index (χ2v) is 4.44. The van der Waals surface area contributed by atoms with Crippen molar-refractivity contribution < 1.29 is 14.7 Å². The largest absolute Gasteiger partial charge is 0.480 e. The highest BCUT2D eigenvalue weighted by atomic mass is 16.4. The van der Waals surface area contributed by atoms with Crippen molar-refractivity contribution in [3.8, 4) is 0 Å². The highest BCUT2D eigenvalue weighted by Crippen LogP contribution is 2.14. The zero-order valence-electron chi connectivity index (χ0n) is 11.0. The number of nitrogens with zero attached hydrogens (tertiary/aromatic N) is 3. The summed E-state index contributed by atoms with van der Waals surface area (Å²) in [7, 11) is 1.44. The first-order chi connectivity index (χ1) is 8.28. The number of anilines is 1. The minimum atomic E-state index is -1.27. The molecule has 7 heteroatoms. The fourth-order valence-corrected chi connectivity index (χ4v) is 1.21. The Kier molecular flexibility index (Phi) is 3.95. The number of carboxylic acid groups (broad SMARTS) is 1. The molecule has 2 N–H and O–H groups in total. The van der Waals surface area contributed by atoms with Crippen molar-refractivity contribution in [1.29, 1.82) is 0 Å². The average molecular weight is 254 g/mol. The maximum absolute atomic E-state index is 11.9. The molecule has 0 fully saturated rings. The molecule has 0 aliphatic carbocycles. The van der Waals surface area contributed by atoms with Gasteiger partial charge in [-0.1, -0.05) is 0 Å². The van der Waals surface area contributed by atoms with Gasteiger partial charge in [0.05, 0.1) is 11.9 Å². The van der Waals surface area contributed by atoms with Crippen molar-refractivity contribution in [2.24, 2.45) is 0 Å². The summed E-state index contributed by atoms with van der Waals surface area (Å²) in [5.74, 6) is -1.07. The highest BCUT2D eigenvalue weighted by molar-refractivity contribution is 5.93. The molecular formula is C11H18N4O3. The molecule has 100 valence electrons. The number of aromatic nitrogens is 2. The number of carbonyl (C=O) groups excluding carboxylic acids is 1. The van der Waals surface area contributed by atoms with Gasteiger partial charge in [-0.05, 0) is 20.8 Å². The van der Waals surface area contributed by atoms with Crippen LogP contribution in [-0.2, 0) is 11.3 Å². The van der Waals surface area contributed by atoms with E-state index in [-0.39, 0.29) is 0 Å². The summed E-state index contributed by atoms with van der Waals surface area (Å²) in [6.45, 7) is 5.55. The Morgan fingerprint density at radius 2 is 2.17 bits per heavy atom. The lowest BCUT2D eigenvalue weighted by molar-refractivity contribution is -0.146. The minimum Gasteiger partial charge on any atom is -0.480 e. The second-order valence-electron chi connectivity index (χ2n) is 4.44. The van der Waals surface area contributed by atoms with Crippen LogP contribution in [0.4, 0.5) is 10.5 Å². The van der Waals surface area contributed by atoms with E-state index in [2.05, 4.69) is 10.4 Å². The van der Waals surface area contributed by atoms with Gasteiger partial charge >= 0.3 is 12.0 Å². The summed E-state index contributed by atoms with van der Waals surface area (Å²) in [5.41, 5.74) is -0.736. The van der Waals surface area contributed by atoms with Gasteiger partial charge in [0.25, 0.3) is 0 Å². The van der Waals surface area contributed by atoms with Gasteiger partial charge in [0.2, 0.25) is 0 Å². The zero-order valence-corrected chi connectivity index (χ0v) is 11.0. The lowest BCUT2D eigenvalue weighted by Crippen LogP contribution is -2.52. The van der Waals surface area contributed by atoms with Crippen LogP contribution in [-0.4, -0.2) is 44.4 Å². The number of hydrogen-bond donors (Lipinski definition) is 2. The van der Waals surface area contributed by atoms with E-state index in [9.17, 15) is 9.59 Å². The predicted octanol–water partition coefficient (Wildman–Crippen LogP) is 1.23. The SMILES string of the molecule is CCn1cc(NC(=O)N(C)C(C)(C)C(=O)O)cn1. The third-order valence-electron chi connectivity index (χ3n) is 2.88. The van der Waals surface area contributed by atoms with E-state index < -0.39 is 17.5 Å². The van der Waals surface area contributed by atoms with Crippen LogP contribution in [0, 0.1) is 0 Å². The Bertz CT molecular complexity index is 453. The number of likely N-dealkylation sites (N-methyl/N-ethyl adjacent to an activating group) is 1. The van der Waals surface area contributed by atoms with Crippen molar-refractivity contribution in [1.82, 2.24) is 14.7 Å². The maximum Gasteiger partial charge on any atom is 0.329 e. The van der Waals surface area contributed by atoms with Crippen LogP contribution in [0.1, 0.15) is 20.8 Å². The molecular weight excluding hydrogens is 236 g/mol. The molecule has 1 heterocycles. The number of aryl methyl sites for hydroxylation is 1. The average Bonchev–Trinajstić information content (AvgIpc) is 2.75. The maximum atomic E-state index is 11.9. The molecule has 0 saturated carbocycles. The van der Waals surface area contributed by atoms with Crippen molar-refractivity contribution >= 4 is 17.7 Å². The zero-order chi connectivity index (χ0) is 13.9. The summed E-state index contributed by atoms with van der Waals surface area (Å²) >= 11 is 0. The number of carbonyl (C=O) groups is 2. The molecule has 1 rings (SSSR count). The van der Waals surface area contributed by atoms with Crippen LogP contribution >= 0.6 is 0 Å². The van der Waals surface area contributed by atoms with Crippen molar-refractivity contribution in [3.05, 3.63) is 12.4 Å². The van der Waals surface area contributed by atoms with E-state index in [4.69, 9.17) is 5.11 Å². The fraction of sp³-hybridized carbons (Fsp3) is 0.545. The molecule has 0 unspecified atom stereocenters. The number of rotatable bonds is 4. The Balaban J connectivity index is 2.74. The normalized spacial score (nSPS) is 11.1. The van der Waals surface area contributed by atoms with E-state index in [0.29, 0.717) is 12.2 Å². The van der Waals surface area contributed by atoms with Crippen LogP contribution in [0.15, 0.2) is 12.4 Å². The standard InChI is InChI=1S/C11H18N4O3/c1-5-15-7-8(6-12-15)13-10(18)14(4)11(2,3)9(16)17/h6-7H,5H2,1-4H3,(H,13,18)(H,16,17). The van der Waals surface area contributed by atoms with Gasteiger partial charge < -0.3 is 15.3 Å². The molecule has 0 aliphatic heterocycles. The van der Waals surface area contributed by atoms with Gasteiger partial charge in [0, 0.05) is 19.8 Å². The number of hydrogen-bond acceptors (Lipinski definition) is 3. The Labute approximate surface area is 105 Å². The number of aliphatic carboxylic acids is 1. The molecule has 0 saturated heterocycles. The highest BCUT2D eigenvalue weighted by Gasteiger charge is 2.35. The van der Waals surface area contributed by atoms with Gasteiger partial charge in [-0.15, -0.1) is 0 Å². The third-order valence-corrected chi connectivity index (χ3v) is 2.88. The quantitative estimate of drug-likeness (QED) is 0.846. The smallest absolute Gasteiger partial charge is 0.329 e. The molecule has 0 aromatic carbocycles. The summed E-state index contributed by atoms with van der Waals surface area (Å²) in [4.78, 5) is 24.0. The van der Waals surface area contributed by atoms with E-state index in [1.165, 1.54) is 27.1 Å². The summed E-state index contributed by atoms with van der Waals surface area (Å²) in [6.07, 6.45) is 3.20. The monoisotopic (exact) mass is 254 g/mol. The van der Waals surface area contributed by atoms with Crippen molar-refractivity contribution in [3.63, 3.8) is 0 Å². The van der Waals surface area contributed by atoms with Crippen LogP contribution in [0.5, 0.6) is 0 Å². The molecule has 7 nitrogen and oxygen atoms in total. The Morgan fingerprint density at radius 1 is 1.56 bits per heavy atom. The van der Waals surface area contributed by atoms with Gasteiger partial charge in [-0.2, -0.15) is 5.10 Å². The number of carboxylic acids is 1. The first-order valence-corrected chi connectivity index (χ1v) is 5.59. The summed E-state index contributed by atoms with van der Waals surface area (Å²) in [5, 5.41) is 15.6. The molecule has 0 aliphatic rings. The summed E-state index contributed by atoms with van der Waals surface area (Å²) in [6, 6.07) is -0.488. The summed E-state index contributed by atoms with van der Waals surface area (Å²) < 4.78 is 1.66. The molecule has 0 spiro atoms. The van der Waals surface area contributed by atoms with E-state index >= 15 is 0 Å². The topological polar surface area (TPSA) is 87.5 Å². The van der Waals surface area contributed by atoms with E-state index in [1.807, 2.05) is 6.92 Å². The molecule has 2 amide bonds. The molecule has 1 aromatic rings. The molecule has 1 aromatic heterocycles. The third kappa shape index (κ3) is 2.79. The van der Waals surface area contributed by atoms with Gasteiger partial charge in [-0.25, -0.2) is 9.59 Å².